The quantitative estimate of drug-likeness (QED) is 0.691. The molecule has 0 aliphatic carbocycles. The second-order valence-corrected chi connectivity index (χ2v) is 5.09. The van der Waals surface area contributed by atoms with E-state index in [2.05, 4.69) is 5.32 Å². The first-order chi connectivity index (χ1) is 9.00. The van der Waals surface area contributed by atoms with Gasteiger partial charge < -0.3 is 15.5 Å². The molecule has 0 fully saturated rings. The third-order valence-electron chi connectivity index (χ3n) is 2.41. The van der Waals surface area contributed by atoms with Crippen molar-refractivity contribution < 1.29 is 19.8 Å². The molecule has 2 atom stereocenters. The number of carboxylic acids is 1. The lowest BCUT2D eigenvalue weighted by Crippen LogP contribution is -2.48. The van der Waals surface area contributed by atoms with Gasteiger partial charge in [0.2, 0.25) is 5.91 Å². The molecular formula is C13H17NO4S. The lowest BCUT2D eigenvalue weighted by atomic mass is 10.2. The van der Waals surface area contributed by atoms with Gasteiger partial charge in [0.15, 0.2) is 6.04 Å². The summed E-state index contributed by atoms with van der Waals surface area (Å²) in [6.07, 6.45) is -1.12. The van der Waals surface area contributed by atoms with E-state index < -0.39 is 24.0 Å². The van der Waals surface area contributed by atoms with Crippen LogP contribution in [0.4, 0.5) is 0 Å². The first-order valence-electron chi connectivity index (χ1n) is 5.82. The highest BCUT2D eigenvalue weighted by Gasteiger charge is 2.24. The molecule has 0 saturated carbocycles. The molecule has 0 aromatic heterocycles. The fourth-order valence-corrected chi connectivity index (χ4v) is 2.24. The standard InChI is InChI=1S/C13H17NO4S/c1-9(15)12(13(17)18)14-11(16)8-19-7-10-5-3-2-4-6-10/h2-6,9,12,15H,7-8H2,1H3,(H,14,16)(H,17,18)/t9-,12+/m1/s1. The summed E-state index contributed by atoms with van der Waals surface area (Å²) >= 11 is 1.39. The number of aliphatic hydroxyl groups excluding tert-OH is 1. The minimum atomic E-state index is -1.26. The van der Waals surface area contributed by atoms with E-state index in [1.165, 1.54) is 18.7 Å². The highest BCUT2D eigenvalue weighted by atomic mass is 32.2. The molecule has 1 aromatic carbocycles. The van der Waals surface area contributed by atoms with E-state index in [1.54, 1.807) is 0 Å². The van der Waals surface area contributed by atoms with Crippen LogP contribution in [0, 0.1) is 0 Å². The zero-order valence-electron chi connectivity index (χ0n) is 10.6. The Labute approximate surface area is 116 Å². The molecule has 104 valence electrons. The molecule has 1 aromatic rings. The van der Waals surface area contributed by atoms with Crippen molar-refractivity contribution in [1.82, 2.24) is 5.32 Å². The van der Waals surface area contributed by atoms with Crippen molar-refractivity contribution in [2.45, 2.75) is 24.8 Å². The minimum absolute atomic E-state index is 0.158. The molecule has 3 N–H and O–H groups in total. The molecular weight excluding hydrogens is 266 g/mol. The largest absolute Gasteiger partial charge is 0.480 e. The van der Waals surface area contributed by atoms with Crippen LogP contribution in [-0.2, 0) is 15.3 Å². The second kappa shape index (κ2) is 7.81. The van der Waals surface area contributed by atoms with Gasteiger partial charge in [-0.25, -0.2) is 4.79 Å². The van der Waals surface area contributed by atoms with E-state index in [-0.39, 0.29) is 5.75 Å². The lowest BCUT2D eigenvalue weighted by Gasteiger charge is -2.16. The number of amides is 1. The Hall–Kier alpha value is -1.53. The Morgan fingerprint density at radius 1 is 1.32 bits per heavy atom. The van der Waals surface area contributed by atoms with Gasteiger partial charge in [-0.3, -0.25) is 4.79 Å². The van der Waals surface area contributed by atoms with Crippen LogP contribution in [0.5, 0.6) is 0 Å². The predicted molar refractivity (Wildman–Crippen MR) is 73.9 cm³/mol. The SMILES string of the molecule is C[C@@H](O)[C@H](NC(=O)CSCc1ccccc1)C(=O)O. The number of carbonyl (C=O) groups excluding carboxylic acids is 1. The van der Waals surface area contributed by atoms with E-state index in [0.29, 0.717) is 5.75 Å². The molecule has 0 aliphatic heterocycles. The Morgan fingerprint density at radius 2 is 1.95 bits per heavy atom. The molecule has 0 unspecified atom stereocenters. The van der Waals surface area contributed by atoms with Crippen molar-refractivity contribution in [1.29, 1.82) is 0 Å². The topological polar surface area (TPSA) is 86.6 Å². The number of aliphatic carboxylic acids is 1. The number of hydrogen-bond donors (Lipinski definition) is 3. The molecule has 1 rings (SSSR count). The fraction of sp³-hybridized carbons (Fsp3) is 0.385. The predicted octanol–water partition coefficient (Wildman–Crippen LogP) is 0.870. The second-order valence-electron chi connectivity index (χ2n) is 4.10. The van der Waals surface area contributed by atoms with Crippen LogP contribution in [0.3, 0.4) is 0 Å². The van der Waals surface area contributed by atoms with Gasteiger partial charge in [-0.1, -0.05) is 30.3 Å². The van der Waals surface area contributed by atoms with E-state index in [0.717, 1.165) is 5.56 Å². The Morgan fingerprint density at radius 3 is 2.47 bits per heavy atom. The Kier molecular flexibility index (Phi) is 6.38. The first kappa shape index (κ1) is 15.5. The van der Waals surface area contributed by atoms with Crippen LogP contribution in [-0.4, -0.2) is 40.0 Å². The number of thioether (sulfide) groups is 1. The number of benzene rings is 1. The van der Waals surface area contributed by atoms with Crippen LogP contribution in [0.15, 0.2) is 30.3 Å². The third-order valence-corrected chi connectivity index (χ3v) is 3.41. The highest BCUT2D eigenvalue weighted by Crippen LogP contribution is 2.11. The van der Waals surface area contributed by atoms with Crippen molar-refractivity contribution in [3.05, 3.63) is 35.9 Å². The number of hydrogen-bond acceptors (Lipinski definition) is 4. The van der Waals surface area contributed by atoms with Crippen molar-refractivity contribution in [2.75, 3.05) is 5.75 Å². The van der Waals surface area contributed by atoms with E-state index in [1.807, 2.05) is 30.3 Å². The van der Waals surface area contributed by atoms with E-state index >= 15 is 0 Å². The molecule has 0 bridgehead atoms. The molecule has 6 heteroatoms. The van der Waals surface area contributed by atoms with Gasteiger partial charge in [-0.2, -0.15) is 0 Å². The summed E-state index contributed by atoms with van der Waals surface area (Å²) in [4.78, 5) is 22.3. The van der Waals surface area contributed by atoms with Crippen LogP contribution < -0.4 is 5.32 Å². The zero-order valence-corrected chi connectivity index (χ0v) is 11.4. The molecule has 1 amide bonds. The summed E-state index contributed by atoms with van der Waals surface area (Å²) in [7, 11) is 0. The summed E-state index contributed by atoms with van der Waals surface area (Å²) in [6, 6.07) is 8.42. The van der Waals surface area contributed by atoms with E-state index in [9.17, 15) is 14.7 Å². The third kappa shape index (κ3) is 5.76. The smallest absolute Gasteiger partial charge is 0.328 e. The van der Waals surface area contributed by atoms with Crippen LogP contribution in [0.1, 0.15) is 12.5 Å². The Balaban J connectivity index is 2.33. The van der Waals surface area contributed by atoms with Crippen molar-refractivity contribution in [2.24, 2.45) is 0 Å². The van der Waals surface area contributed by atoms with Gasteiger partial charge in [0, 0.05) is 5.75 Å². The van der Waals surface area contributed by atoms with Gasteiger partial charge in [0.25, 0.3) is 0 Å². The maximum atomic E-state index is 11.5. The molecule has 0 spiro atoms. The fourth-order valence-electron chi connectivity index (χ4n) is 1.44. The maximum Gasteiger partial charge on any atom is 0.328 e. The first-order valence-corrected chi connectivity index (χ1v) is 6.98. The number of carbonyl (C=O) groups is 2. The summed E-state index contributed by atoms with van der Waals surface area (Å²) in [5.74, 6) is -0.794. The summed E-state index contributed by atoms with van der Waals surface area (Å²) in [5, 5.41) is 20.3. The minimum Gasteiger partial charge on any atom is -0.480 e. The van der Waals surface area contributed by atoms with Crippen molar-refractivity contribution in [3.8, 4) is 0 Å². The van der Waals surface area contributed by atoms with Gasteiger partial charge in [-0.15, -0.1) is 11.8 Å². The average molecular weight is 283 g/mol. The van der Waals surface area contributed by atoms with Crippen LogP contribution >= 0.6 is 11.8 Å². The van der Waals surface area contributed by atoms with Gasteiger partial charge in [0.1, 0.15) is 0 Å². The highest BCUT2D eigenvalue weighted by molar-refractivity contribution is 7.99. The van der Waals surface area contributed by atoms with Crippen molar-refractivity contribution >= 4 is 23.6 Å². The number of carboxylic acid groups (broad SMARTS) is 1. The number of rotatable bonds is 7. The molecule has 5 nitrogen and oxygen atoms in total. The summed E-state index contributed by atoms with van der Waals surface area (Å²) in [6.45, 7) is 1.33. The maximum absolute atomic E-state index is 11.5. The van der Waals surface area contributed by atoms with Crippen LogP contribution in [0.25, 0.3) is 0 Å². The van der Waals surface area contributed by atoms with Gasteiger partial charge in [0.05, 0.1) is 11.9 Å². The lowest BCUT2D eigenvalue weighted by molar-refractivity contribution is -0.144. The molecule has 0 heterocycles. The molecule has 0 saturated heterocycles. The monoisotopic (exact) mass is 283 g/mol. The van der Waals surface area contributed by atoms with Crippen LogP contribution in [0.2, 0.25) is 0 Å². The van der Waals surface area contributed by atoms with E-state index in [4.69, 9.17) is 5.11 Å². The van der Waals surface area contributed by atoms with Gasteiger partial charge >= 0.3 is 5.97 Å². The molecule has 0 radical (unpaired) electrons. The summed E-state index contributed by atoms with van der Waals surface area (Å²) < 4.78 is 0. The zero-order chi connectivity index (χ0) is 14.3. The Bertz CT molecular complexity index is 422. The average Bonchev–Trinajstić information content (AvgIpc) is 2.36. The summed E-state index contributed by atoms with van der Waals surface area (Å²) in [5.41, 5.74) is 1.10. The normalized spacial score (nSPS) is 13.6. The molecule has 0 aliphatic rings. The van der Waals surface area contributed by atoms with Gasteiger partial charge in [-0.05, 0) is 12.5 Å². The number of aliphatic hydroxyl groups is 1. The van der Waals surface area contributed by atoms with Crippen molar-refractivity contribution in [3.63, 3.8) is 0 Å². The number of nitrogens with one attached hydrogen (secondary N) is 1. The molecule has 19 heavy (non-hydrogen) atoms.